The van der Waals surface area contributed by atoms with Crippen molar-refractivity contribution in [3.63, 3.8) is 0 Å². The number of carbonyl (C=O) groups is 1. The maximum Gasteiger partial charge on any atom is 0.308 e. The van der Waals surface area contributed by atoms with Gasteiger partial charge in [0.15, 0.2) is 0 Å². The number of rotatable bonds is 3. The van der Waals surface area contributed by atoms with E-state index in [1.165, 1.54) is 18.9 Å². The van der Waals surface area contributed by atoms with Gasteiger partial charge in [0, 0.05) is 23.8 Å². The largest absolute Gasteiger partial charge is 0.426 e. The molecule has 2 aliphatic carbocycles. The van der Waals surface area contributed by atoms with Gasteiger partial charge in [-0.3, -0.25) is 4.79 Å². The van der Waals surface area contributed by atoms with Gasteiger partial charge in [0.1, 0.15) is 12.9 Å². The Morgan fingerprint density at radius 3 is 2.50 bits per heavy atom. The normalized spacial score (nSPS) is 28.0. The lowest BCUT2D eigenvalue weighted by molar-refractivity contribution is -0.131. The third kappa shape index (κ3) is 2.74. The predicted molar refractivity (Wildman–Crippen MR) is 104 cm³/mol. The van der Waals surface area contributed by atoms with Crippen molar-refractivity contribution in [2.75, 3.05) is 7.11 Å². The number of hydrogen-bond acceptors (Lipinski definition) is 4. The fraction of sp³-hybridized carbons (Fsp3) is 0.636. The van der Waals surface area contributed by atoms with E-state index in [0.717, 1.165) is 29.7 Å². The maximum atomic E-state index is 11.9. The number of esters is 1. The first-order chi connectivity index (χ1) is 12.1. The lowest BCUT2D eigenvalue weighted by Crippen LogP contribution is -2.44. The standard InChI is InChI=1S/C22H31NO3/c1-13(2)15-9-10-16-17(19(15)26-14(3)24)18(23-25-7)20-21(4,5)11-8-12-22(16,20)6/h9-10,13,20H,8,11-12H2,1-7H3/b23-18+/t20-,22-/m1/s1. The summed E-state index contributed by atoms with van der Waals surface area (Å²) in [6.07, 6.45) is 3.45. The van der Waals surface area contributed by atoms with Crippen molar-refractivity contribution < 1.29 is 14.4 Å². The second-order valence-electron chi connectivity index (χ2n) is 9.01. The van der Waals surface area contributed by atoms with E-state index in [2.05, 4.69) is 51.9 Å². The Morgan fingerprint density at radius 1 is 1.23 bits per heavy atom. The fourth-order valence-corrected chi connectivity index (χ4v) is 5.40. The number of ether oxygens (including phenoxy) is 1. The molecule has 0 aliphatic heterocycles. The average Bonchev–Trinajstić information content (AvgIpc) is 2.77. The number of nitrogens with zero attached hydrogens (tertiary/aromatic N) is 1. The van der Waals surface area contributed by atoms with Crippen LogP contribution < -0.4 is 4.74 Å². The van der Waals surface area contributed by atoms with Gasteiger partial charge in [-0.05, 0) is 35.3 Å². The van der Waals surface area contributed by atoms with Crippen LogP contribution in [0.15, 0.2) is 17.3 Å². The number of fused-ring (bicyclic) bond motifs is 3. The first-order valence-corrected chi connectivity index (χ1v) is 9.60. The zero-order valence-corrected chi connectivity index (χ0v) is 17.1. The predicted octanol–water partition coefficient (Wildman–Crippen LogP) is 5.18. The highest BCUT2D eigenvalue weighted by Crippen LogP contribution is 2.60. The number of benzene rings is 1. The molecule has 0 radical (unpaired) electrons. The molecule has 0 N–H and O–H groups in total. The lowest BCUT2D eigenvalue weighted by Gasteiger charge is -2.47. The maximum absolute atomic E-state index is 11.9. The summed E-state index contributed by atoms with van der Waals surface area (Å²) in [5.74, 6) is 0.876. The van der Waals surface area contributed by atoms with E-state index < -0.39 is 0 Å². The van der Waals surface area contributed by atoms with Gasteiger partial charge in [0.2, 0.25) is 0 Å². The molecule has 1 fully saturated rings. The molecule has 0 bridgehead atoms. The molecule has 4 nitrogen and oxygen atoms in total. The zero-order valence-electron chi connectivity index (χ0n) is 17.1. The molecular formula is C22H31NO3. The molecule has 0 amide bonds. The van der Waals surface area contributed by atoms with Gasteiger partial charge in [0.05, 0.1) is 5.71 Å². The Kier molecular flexibility index (Phi) is 4.66. The monoisotopic (exact) mass is 357 g/mol. The minimum atomic E-state index is -0.295. The molecule has 0 saturated heterocycles. The van der Waals surface area contributed by atoms with Gasteiger partial charge in [-0.15, -0.1) is 0 Å². The van der Waals surface area contributed by atoms with Gasteiger partial charge in [0.25, 0.3) is 0 Å². The molecule has 26 heavy (non-hydrogen) atoms. The van der Waals surface area contributed by atoms with E-state index in [1.807, 2.05) is 0 Å². The Hall–Kier alpha value is -1.84. The van der Waals surface area contributed by atoms with Crippen molar-refractivity contribution in [3.8, 4) is 5.75 Å². The molecule has 4 heteroatoms. The van der Waals surface area contributed by atoms with Crippen LogP contribution in [0.4, 0.5) is 0 Å². The summed E-state index contributed by atoms with van der Waals surface area (Å²) in [7, 11) is 1.59. The van der Waals surface area contributed by atoms with Crippen LogP contribution in [0, 0.1) is 11.3 Å². The van der Waals surface area contributed by atoms with E-state index in [0.29, 0.717) is 5.75 Å². The molecule has 1 aromatic carbocycles. The molecule has 2 atom stereocenters. The van der Waals surface area contributed by atoms with Crippen LogP contribution in [-0.2, 0) is 15.0 Å². The highest BCUT2D eigenvalue weighted by Gasteiger charge is 2.57. The van der Waals surface area contributed by atoms with Gasteiger partial charge >= 0.3 is 5.97 Å². The molecule has 0 aromatic heterocycles. The molecule has 0 spiro atoms. The van der Waals surface area contributed by atoms with Crippen molar-refractivity contribution >= 4 is 11.7 Å². The third-order valence-electron chi connectivity index (χ3n) is 6.33. The number of carbonyl (C=O) groups excluding carboxylic acids is 1. The van der Waals surface area contributed by atoms with Crippen molar-refractivity contribution in [2.45, 2.75) is 72.1 Å². The Morgan fingerprint density at radius 2 is 1.92 bits per heavy atom. The highest BCUT2D eigenvalue weighted by molar-refractivity contribution is 6.11. The van der Waals surface area contributed by atoms with Crippen molar-refractivity contribution in [1.82, 2.24) is 0 Å². The molecule has 142 valence electrons. The van der Waals surface area contributed by atoms with Crippen molar-refractivity contribution in [1.29, 1.82) is 0 Å². The van der Waals surface area contributed by atoms with Crippen LogP contribution in [0.5, 0.6) is 5.75 Å². The van der Waals surface area contributed by atoms with Crippen LogP contribution in [0.2, 0.25) is 0 Å². The first kappa shape index (κ1) is 18.9. The molecule has 3 rings (SSSR count). The summed E-state index contributed by atoms with van der Waals surface area (Å²) in [6.45, 7) is 12.7. The van der Waals surface area contributed by atoms with Crippen LogP contribution in [0.1, 0.15) is 83.4 Å². The van der Waals surface area contributed by atoms with Crippen LogP contribution >= 0.6 is 0 Å². The van der Waals surface area contributed by atoms with Gasteiger partial charge in [-0.2, -0.15) is 0 Å². The Balaban J connectivity index is 2.34. The quantitative estimate of drug-likeness (QED) is 0.425. The highest BCUT2D eigenvalue weighted by atomic mass is 16.6. The Labute approximate surface area is 156 Å². The van der Waals surface area contributed by atoms with E-state index in [1.54, 1.807) is 7.11 Å². The summed E-state index contributed by atoms with van der Waals surface area (Å²) in [5, 5.41) is 4.48. The SMILES string of the molecule is CO/N=C1\c2c(ccc(C(C)C)c2OC(C)=O)[C@@]2(C)CCCC(C)(C)[C@@H]12. The minimum Gasteiger partial charge on any atom is -0.426 e. The topological polar surface area (TPSA) is 47.9 Å². The van der Waals surface area contributed by atoms with Gasteiger partial charge < -0.3 is 9.57 Å². The van der Waals surface area contributed by atoms with Gasteiger partial charge in [-0.1, -0.05) is 58.3 Å². The summed E-state index contributed by atoms with van der Waals surface area (Å²) >= 11 is 0. The smallest absolute Gasteiger partial charge is 0.308 e. The number of oxime groups is 1. The second kappa shape index (κ2) is 6.40. The molecule has 0 heterocycles. The summed E-state index contributed by atoms with van der Waals surface area (Å²) in [4.78, 5) is 17.2. The minimum absolute atomic E-state index is 0.0150. The molecule has 1 aromatic rings. The first-order valence-electron chi connectivity index (χ1n) is 9.60. The molecule has 0 unspecified atom stereocenters. The van der Waals surface area contributed by atoms with Crippen LogP contribution in [0.3, 0.4) is 0 Å². The van der Waals surface area contributed by atoms with E-state index in [9.17, 15) is 4.79 Å². The molecule has 1 saturated carbocycles. The zero-order chi connectivity index (χ0) is 19.3. The van der Waals surface area contributed by atoms with Gasteiger partial charge in [-0.25, -0.2) is 0 Å². The van der Waals surface area contributed by atoms with E-state index in [-0.39, 0.29) is 28.6 Å². The van der Waals surface area contributed by atoms with Crippen LogP contribution in [-0.4, -0.2) is 18.8 Å². The van der Waals surface area contributed by atoms with Crippen molar-refractivity contribution in [3.05, 3.63) is 28.8 Å². The number of hydrogen-bond donors (Lipinski definition) is 0. The fourth-order valence-electron chi connectivity index (χ4n) is 5.40. The lowest BCUT2D eigenvalue weighted by atomic mass is 9.56. The van der Waals surface area contributed by atoms with Crippen LogP contribution in [0.25, 0.3) is 0 Å². The van der Waals surface area contributed by atoms with Crippen molar-refractivity contribution in [2.24, 2.45) is 16.5 Å². The van der Waals surface area contributed by atoms with E-state index >= 15 is 0 Å². The van der Waals surface area contributed by atoms with E-state index in [4.69, 9.17) is 9.57 Å². The summed E-state index contributed by atoms with van der Waals surface area (Å²) in [5.41, 5.74) is 4.30. The Bertz CT molecular complexity index is 763. The third-order valence-corrected chi connectivity index (χ3v) is 6.33. The summed E-state index contributed by atoms with van der Waals surface area (Å²) in [6, 6.07) is 4.35. The second-order valence-corrected chi connectivity index (χ2v) is 9.01. The summed E-state index contributed by atoms with van der Waals surface area (Å²) < 4.78 is 5.77. The average molecular weight is 357 g/mol. The molecular weight excluding hydrogens is 326 g/mol. The molecule has 2 aliphatic rings.